The molecule has 2 aromatic carbocycles. The second kappa shape index (κ2) is 8.06. The molecular weight excluding hydrogens is 316 g/mol. The zero-order valence-electron chi connectivity index (χ0n) is 14.8. The lowest BCUT2D eigenvalue weighted by Crippen LogP contribution is -2.10. The van der Waals surface area contributed by atoms with Crippen LogP contribution in [0.15, 0.2) is 36.4 Å². The molecule has 0 saturated carbocycles. The molecule has 1 aliphatic rings. The van der Waals surface area contributed by atoms with Crippen molar-refractivity contribution in [1.82, 2.24) is 0 Å². The number of benzene rings is 2. The van der Waals surface area contributed by atoms with Gasteiger partial charge in [-0.3, -0.25) is 0 Å². The minimum Gasteiger partial charge on any atom is -0.494 e. The average Bonchev–Trinajstić information content (AvgIpc) is 2.62. The first kappa shape index (κ1) is 17.3. The standard InChI is InChI=1S/C21H24O4/c1-3-23-19-12-17(13-20(14-19)24-4-2)21(22)25-18-10-9-15-7-5-6-8-16(15)11-18/h9-14H,3-8H2,1-2H3. The molecule has 0 N–H and O–H groups in total. The van der Waals surface area contributed by atoms with Crippen molar-refractivity contribution in [3.63, 3.8) is 0 Å². The molecular formula is C21H24O4. The molecule has 3 rings (SSSR count). The Balaban J connectivity index is 1.80. The van der Waals surface area contributed by atoms with Gasteiger partial charge in [-0.1, -0.05) is 6.07 Å². The Morgan fingerprint density at radius 3 is 2.12 bits per heavy atom. The maximum Gasteiger partial charge on any atom is 0.343 e. The highest BCUT2D eigenvalue weighted by atomic mass is 16.5. The van der Waals surface area contributed by atoms with Crippen LogP contribution < -0.4 is 14.2 Å². The summed E-state index contributed by atoms with van der Waals surface area (Å²) < 4.78 is 16.6. The average molecular weight is 340 g/mol. The molecule has 0 aromatic heterocycles. The highest BCUT2D eigenvalue weighted by Gasteiger charge is 2.15. The summed E-state index contributed by atoms with van der Waals surface area (Å²) in [6.07, 6.45) is 4.59. The van der Waals surface area contributed by atoms with Gasteiger partial charge in [0.05, 0.1) is 18.8 Å². The van der Waals surface area contributed by atoms with Crippen LogP contribution >= 0.6 is 0 Å². The molecule has 0 heterocycles. The summed E-state index contributed by atoms with van der Waals surface area (Å²) >= 11 is 0. The van der Waals surface area contributed by atoms with Crippen LogP contribution in [0.1, 0.15) is 48.2 Å². The van der Waals surface area contributed by atoms with Crippen LogP contribution in [0.4, 0.5) is 0 Å². The van der Waals surface area contributed by atoms with E-state index in [2.05, 4.69) is 6.07 Å². The number of fused-ring (bicyclic) bond motifs is 1. The molecule has 0 amide bonds. The van der Waals surface area contributed by atoms with Gasteiger partial charge < -0.3 is 14.2 Å². The Morgan fingerprint density at radius 1 is 0.840 bits per heavy atom. The van der Waals surface area contributed by atoms with Gasteiger partial charge in [-0.15, -0.1) is 0 Å². The fourth-order valence-electron chi connectivity index (χ4n) is 3.13. The van der Waals surface area contributed by atoms with E-state index < -0.39 is 5.97 Å². The molecule has 1 aliphatic carbocycles. The molecule has 132 valence electrons. The van der Waals surface area contributed by atoms with Crippen molar-refractivity contribution >= 4 is 5.97 Å². The minimum atomic E-state index is -0.404. The number of ether oxygens (including phenoxy) is 3. The fourth-order valence-corrected chi connectivity index (χ4v) is 3.13. The fraction of sp³-hybridized carbons (Fsp3) is 0.381. The number of rotatable bonds is 6. The van der Waals surface area contributed by atoms with Crippen molar-refractivity contribution < 1.29 is 19.0 Å². The normalized spacial score (nSPS) is 13.0. The molecule has 4 nitrogen and oxygen atoms in total. The van der Waals surface area contributed by atoms with Gasteiger partial charge in [0.25, 0.3) is 0 Å². The number of carbonyl (C=O) groups excluding carboxylic acids is 1. The van der Waals surface area contributed by atoms with Crippen LogP contribution in [0.3, 0.4) is 0 Å². The zero-order chi connectivity index (χ0) is 17.6. The van der Waals surface area contributed by atoms with Crippen molar-refractivity contribution in [1.29, 1.82) is 0 Å². The van der Waals surface area contributed by atoms with Crippen LogP contribution in [0.5, 0.6) is 17.2 Å². The van der Waals surface area contributed by atoms with Crippen molar-refractivity contribution in [3.05, 3.63) is 53.1 Å². The monoisotopic (exact) mass is 340 g/mol. The second-order valence-corrected chi connectivity index (χ2v) is 6.09. The molecule has 25 heavy (non-hydrogen) atoms. The molecule has 4 heteroatoms. The van der Waals surface area contributed by atoms with Crippen molar-refractivity contribution in [3.8, 4) is 17.2 Å². The molecule has 0 saturated heterocycles. The van der Waals surface area contributed by atoms with Crippen LogP contribution in [0, 0.1) is 0 Å². The third kappa shape index (κ3) is 4.32. The lowest BCUT2D eigenvalue weighted by Gasteiger charge is -2.16. The molecule has 0 bridgehead atoms. The van der Waals surface area contributed by atoms with Crippen molar-refractivity contribution in [2.24, 2.45) is 0 Å². The first-order valence-electron chi connectivity index (χ1n) is 8.94. The summed E-state index contributed by atoms with van der Waals surface area (Å²) in [6, 6.07) is 11.1. The van der Waals surface area contributed by atoms with Gasteiger partial charge in [-0.2, -0.15) is 0 Å². The third-order valence-corrected chi connectivity index (χ3v) is 4.27. The van der Waals surface area contributed by atoms with Crippen LogP contribution in [0.2, 0.25) is 0 Å². The summed E-state index contributed by atoms with van der Waals surface area (Å²) in [6.45, 7) is 4.85. The number of esters is 1. The number of hydrogen-bond donors (Lipinski definition) is 0. The van der Waals surface area contributed by atoms with E-state index in [1.165, 1.54) is 24.0 Å². The topological polar surface area (TPSA) is 44.8 Å². The molecule has 0 radical (unpaired) electrons. The largest absolute Gasteiger partial charge is 0.494 e. The first-order valence-corrected chi connectivity index (χ1v) is 8.94. The van der Waals surface area contributed by atoms with Crippen molar-refractivity contribution in [2.45, 2.75) is 39.5 Å². The van der Waals surface area contributed by atoms with Gasteiger partial charge in [0.1, 0.15) is 17.2 Å². The highest BCUT2D eigenvalue weighted by molar-refractivity contribution is 5.92. The predicted octanol–water partition coefficient (Wildman–Crippen LogP) is 4.58. The maximum absolute atomic E-state index is 12.6. The van der Waals surface area contributed by atoms with Gasteiger partial charge in [0.15, 0.2) is 0 Å². The van der Waals surface area contributed by atoms with E-state index in [1.807, 2.05) is 26.0 Å². The number of aryl methyl sites for hydroxylation is 2. The first-order chi connectivity index (χ1) is 12.2. The van der Waals surface area contributed by atoms with E-state index in [0.29, 0.717) is 36.0 Å². The molecule has 0 fully saturated rings. The Morgan fingerprint density at radius 2 is 1.48 bits per heavy atom. The lowest BCUT2D eigenvalue weighted by atomic mass is 9.92. The number of hydrogen-bond acceptors (Lipinski definition) is 4. The third-order valence-electron chi connectivity index (χ3n) is 4.27. The predicted molar refractivity (Wildman–Crippen MR) is 96.8 cm³/mol. The van der Waals surface area contributed by atoms with E-state index >= 15 is 0 Å². The molecule has 0 atom stereocenters. The Bertz CT molecular complexity index is 727. The SMILES string of the molecule is CCOc1cc(OCC)cc(C(=O)Oc2ccc3c(c2)CCCC3)c1. The Labute approximate surface area is 148 Å². The summed E-state index contributed by atoms with van der Waals surface area (Å²) in [4.78, 5) is 12.6. The summed E-state index contributed by atoms with van der Waals surface area (Å²) in [7, 11) is 0. The Kier molecular flexibility index (Phi) is 5.59. The quantitative estimate of drug-likeness (QED) is 0.570. The van der Waals surface area contributed by atoms with E-state index in [0.717, 1.165) is 12.8 Å². The van der Waals surface area contributed by atoms with E-state index in [9.17, 15) is 4.79 Å². The van der Waals surface area contributed by atoms with Gasteiger partial charge >= 0.3 is 5.97 Å². The number of carbonyl (C=O) groups is 1. The van der Waals surface area contributed by atoms with Crippen LogP contribution in [0.25, 0.3) is 0 Å². The van der Waals surface area contributed by atoms with Gasteiger partial charge in [-0.25, -0.2) is 4.79 Å². The van der Waals surface area contributed by atoms with Crippen LogP contribution in [-0.4, -0.2) is 19.2 Å². The molecule has 0 aliphatic heterocycles. The van der Waals surface area contributed by atoms with E-state index in [4.69, 9.17) is 14.2 Å². The zero-order valence-corrected chi connectivity index (χ0v) is 14.8. The second-order valence-electron chi connectivity index (χ2n) is 6.09. The van der Waals surface area contributed by atoms with Gasteiger partial charge in [-0.05, 0) is 74.9 Å². The van der Waals surface area contributed by atoms with E-state index in [-0.39, 0.29) is 0 Å². The van der Waals surface area contributed by atoms with E-state index in [1.54, 1.807) is 18.2 Å². The molecule has 2 aromatic rings. The van der Waals surface area contributed by atoms with Gasteiger partial charge in [0, 0.05) is 6.07 Å². The highest BCUT2D eigenvalue weighted by Crippen LogP contribution is 2.27. The molecule has 0 spiro atoms. The summed E-state index contributed by atoms with van der Waals surface area (Å²) in [5.41, 5.74) is 3.07. The summed E-state index contributed by atoms with van der Waals surface area (Å²) in [5, 5.41) is 0. The lowest BCUT2D eigenvalue weighted by molar-refractivity contribution is 0.0733. The summed E-state index contributed by atoms with van der Waals surface area (Å²) in [5.74, 6) is 1.39. The maximum atomic E-state index is 12.6. The Hall–Kier alpha value is -2.49. The minimum absolute atomic E-state index is 0.404. The van der Waals surface area contributed by atoms with Crippen LogP contribution in [-0.2, 0) is 12.8 Å². The van der Waals surface area contributed by atoms with Crippen molar-refractivity contribution in [2.75, 3.05) is 13.2 Å². The smallest absolute Gasteiger partial charge is 0.343 e. The molecule has 0 unspecified atom stereocenters. The van der Waals surface area contributed by atoms with Gasteiger partial charge in [0.2, 0.25) is 0 Å².